The zero-order valence-electron chi connectivity index (χ0n) is 16.9. The molecule has 0 bridgehead atoms. The average molecular weight is 430 g/mol. The summed E-state index contributed by atoms with van der Waals surface area (Å²) >= 11 is 12.6. The van der Waals surface area contributed by atoms with Crippen LogP contribution in [0.25, 0.3) is 0 Å². The van der Waals surface area contributed by atoms with Crippen molar-refractivity contribution in [1.29, 1.82) is 0 Å². The predicted octanol–water partition coefficient (Wildman–Crippen LogP) is 7.20. The lowest BCUT2D eigenvalue weighted by atomic mass is 10.1. The maximum Gasteiger partial charge on any atom is 0.180 e. The minimum Gasteiger partial charge on any atom is -0.490 e. The van der Waals surface area contributed by atoms with Crippen LogP contribution in [-0.4, -0.2) is 6.61 Å². The number of rotatable bonds is 8. The monoisotopic (exact) mass is 429 g/mol. The molecule has 0 aliphatic heterocycles. The van der Waals surface area contributed by atoms with Crippen molar-refractivity contribution in [2.75, 3.05) is 11.9 Å². The summed E-state index contributed by atoms with van der Waals surface area (Å²) in [6.45, 7) is 7.64. The number of benzene rings is 3. The molecule has 0 unspecified atom stereocenters. The van der Waals surface area contributed by atoms with Gasteiger partial charge >= 0.3 is 0 Å². The van der Waals surface area contributed by atoms with E-state index in [9.17, 15) is 0 Å². The van der Waals surface area contributed by atoms with E-state index in [1.54, 1.807) is 0 Å². The Bertz CT molecular complexity index is 989. The van der Waals surface area contributed by atoms with Crippen molar-refractivity contribution in [2.24, 2.45) is 0 Å². The lowest BCUT2D eigenvalue weighted by molar-refractivity contribution is 0.269. The average Bonchev–Trinajstić information content (AvgIpc) is 2.68. The first kappa shape index (κ1) is 21.4. The molecule has 152 valence electrons. The van der Waals surface area contributed by atoms with Crippen molar-refractivity contribution in [3.8, 4) is 11.5 Å². The van der Waals surface area contributed by atoms with Crippen LogP contribution < -0.4 is 14.8 Å². The van der Waals surface area contributed by atoms with E-state index < -0.39 is 0 Å². The molecule has 1 N–H and O–H groups in total. The molecule has 5 heteroatoms. The standard InChI is InChI=1S/C24H25Cl2NO2/c1-4-28-23-13-19(14-27-22-10-16(2)8-9-17(22)3)12-21(26)24(23)29-15-18-6-5-7-20(25)11-18/h5-13,27H,4,14-15H2,1-3H3. The molecule has 0 saturated carbocycles. The minimum atomic E-state index is 0.362. The molecule has 0 saturated heterocycles. The van der Waals surface area contributed by atoms with E-state index in [1.165, 1.54) is 11.1 Å². The van der Waals surface area contributed by atoms with Gasteiger partial charge in [0.25, 0.3) is 0 Å². The van der Waals surface area contributed by atoms with E-state index in [-0.39, 0.29) is 0 Å². The Morgan fingerprint density at radius 3 is 2.48 bits per heavy atom. The Balaban J connectivity index is 1.77. The molecule has 0 aliphatic rings. The molecule has 29 heavy (non-hydrogen) atoms. The van der Waals surface area contributed by atoms with Crippen LogP contribution in [0.15, 0.2) is 54.6 Å². The summed E-state index contributed by atoms with van der Waals surface area (Å²) < 4.78 is 11.8. The van der Waals surface area contributed by atoms with E-state index in [0.29, 0.717) is 41.3 Å². The second kappa shape index (κ2) is 9.91. The summed E-state index contributed by atoms with van der Waals surface area (Å²) in [6.07, 6.45) is 0. The summed E-state index contributed by atoms with van der Waals surface area (Å²) in [5.74, 6) is 1.18. The van der Waals surface area contributed by atoms with Crippen LogP contribution >= 0.6 is 23.2 Å². The van der Waals surface area contributed by atoms with Gasteiger partial charge in [0.1, 0.15) is 6.61 Å². The Kier molecular flexibility index (Phi) is 7.29. The molecule has 3 aromatic carbocycles. The molecular weight excluding hydrogens is 405 g/mol. The fourth-order valence-electron chi connectivity index (χ4n) is 3.03. The predicted molar refractivity (Wildman–Crippen MR) is 122 cm³/mol. The van der Waals surface area contributed by atoms with Crippen LogP contribution in [0.4, 0.5) is 5.69 Å². The van der Waals surface area contributed by atoms with Gasteiger partial charge in [-0.15, -0.1) is 0 Å². The Labute approximate surface area is 182 Å². The summed E-state index contributed by atoms with van der Waals surface area (Å²) in [5.41, 5.74) is 5.52. The second-order valence-electron chi connectivity index (χ2n) is 6.93. The molecule has 3 nitrogen and oxygen atoms in total. The number of anilines is 1. The highest BCUT2D eigenvalue weighted by Crippen LogP contribution is 2.37. The first-order valence-electron chi connectivity index (χ1n) is 9.60. The van der Waals surface area contributed by atoms with Crippen molar-refractivity contribution >= 4 is 28.9 Å². The molecular formula is C24H25Cl2NO2. The number of aryl methyl sites for hydroxylation is 2. The minimum absolute atomic E-state index is 0.362. The van der Waals surface area contributed by atoms with E-state index >= 15 is 0 Å². The fraction of sp³-hybridized carbons (Fsp3) is 0.250. The van der Waals surface area contributed by atoms with E-state index in [2.05, 4.69) is 37.4 Å². The maximum absolute atomic E-state index is 6.55. The van der Waals surface area contributed by atoms with Gasteiger partial charge < -0.3 is 14.8 Å². The van der Waals surface area contributed by atoms with Crippen LogP contribution in [0.2, 0.25) is 10.0 Å². The molecule has 0 aromatic heterocycles. The van der Waals surface area contributed by atoms with Gasteiger partial charge in [-0.2, -0.15) is 0 Å². The first-order chi connectivity index (χ1) is 14.0. The zero-order valence-corrected chi connectivity index (χ0v) is 18.4. The quantitative estimate of drug-likeness (QED) is 0.410. The SMILES string of the molecule is CCOc1cc(CNc2cc(C)ccc2C)cc(Cl)c1OCc1cccc(Cl)c1. The Morgan fingerprint density at radius 2 is 1.72 bits per heavy atom. The summed E-state index contributed by atoms with van der Waals surface area (Å²) in [4.78, 5) is 0. The normalized spacial score (nSPS) is 10.7. The summed E-state index contributed by atoms with van der Waals surface area (Å²) in [7, 11) is 0. The number of nitrogens with one attached hydrogen (secondary N) is 1. The molecule has 0 aliphatic carbocycles. The second-order valence-corrected chi connectivity index (χ2v) is 7.77. The van der Waals surface area contributed by atoms with Gasteiger partial charge in [-0.25, -0.2) is 0 Å². The topological polar surface area (TPSA) is 30.5 Å². The molecule has 0 atom stereocenters. The van der Waals surface area contributed by atoms with E-state index in [4.69, 9.17) is 32.7 Å². The molecule has 0 radical (unpaired) electrons. The third kappa shape index (κ3) is 5.81. The smallest absolute Gasteiger partial charge is 0.180 e. The van der Waals surface area contributed by atoms with E-state index in [1.807, 2.05) is 43.3 Å². The Hall–Kier alpha value is -2.36. The third-order valence-electron chi connectivity index (χ3n) is 4.52. The van der Waals surface area contributed by atoms with Gasteiger partial charge in [0.05, 0.1) is 11.6 Å². The largest absolute Gasteiger partial charge is 0.490 e. The summed E-state index contributed by atoms with van der Waals surface area (Å²) in [5, 5.41) is 4.68. The molecule has 0 amide bonds. The van der Waals surface area contributed by atoms with Crippen LogP contribution in [0, 0.1) is 13.8 Å². The van der Waals surface area contributed by atoms with E-state index in [0.717, 1.165) is 16.8 Å². The number of ether oxygens (including phenoxy) is 2. The van der Waals surface area contributed by atoms with Crippen LogP contribution in [0.3, 0.4) is 0 Å². The Morgan fingerprint density at radius 1 is 0.897 bits per heavy atom. The molecule has 3 rings (SSSR count). The first-order valence-corrected chi connectivity index (χ1v) is 10.4. The van der Waals surface area contributed by atoms with Gasteiger partial charge in [0, 0.05) is 17.3 Å². The van der Waals surface area contributed by atoms with Crippen molar-refractivity contribution in [2.45, 2.75) is 33.9 Å². The lowest BCUT2D eigenvalue weighted by Gasteiger charge is -2.16. The van der Waals surface area contributed by atoms with Crippen molar-refractivity contribution < 1.29 is 9.47 Å². The fourth-order valence-corrected chi connectivity index (χ4v) is 3.53. The van der Waals surface area contributed by atoms with Crippen molar-refractivity contribution in [3.63, 3.8) is 0 Å². The molecule has 0 heterocycles. The number of hydrogen-bond donors (Lipinski definition) is 1. The highest BCUT2D eigenvalue weighted by Gasteiger charge is 2.13. The zero-order chi connectivity index (χ0) is 20.8. The van der Waals surface area contributed by atoms with Crippen LogP contribution in [0.5, 0.6) is 11.5 Å². The number of halogens is 2. The van der Waals surface area contributed by atoms with Crippen molar-refractivity contribution in [3.05, 3.63) is 86.9 Å². The summed E-state index contributed by atoms with van der Waals surface area (Å²) in [6, 6.07) is 17.8. The van der Waals surface area contributed by atoms with Crippen LogP contribution in [-0.2, 0) is 13.2 Å². The van der Waals surface area contributed by atoms with Gasteiger partial charge in [-0.3, -0.25) is 0 Å². The number of hydrogen-bond acceptors (Lipinski definition) is 3. The highest BCUT2D eigenvalue weighted by atomic mass is 35.5. The van der Waals surface area contributed by atoms with Gasteiger partial charge in [-0.1, -0.05) is 47.5 Å². The van der Waals surface area contributed by atoms with Crippen molar-refractivity contribution in [1.82, 2.24) is 0 Å². The highest BCUT2D eigenvalue weighted by molar-refractivity contribution is 6.32. The van der Waals surface area contributed by atoms with Gasteiger partial charge in [0.15, 0.2) is 11.5 Å². The van der Waals surface area contributed by atoms with Gasteiger partial charge in [0.2, 0.25) is 0 Å². The third-order valence-corrected chi connectivity index (χ3v) is 5.03. The molecule has 0 spiro atoms. The maximum atomic E-state index is 6.55. The van der Waals surface area contributed by atoms with Crippen LogP contribution in [0.1, 0.15) is 29.2 Å². The molecule has 3 aromatic rings. The lowest BCUT2D eigenvalue weighted by Crippen LogP contribution is -2.04. The molecule has 0 fully saturated rings. The van der Waals surface area contributed by atoms with Gasteiger partial charge in [-0.05, 0) is 73.4 Å².